The van der Waals surface area contributed by atoms with Crippen molar-refractivity contribution in [3.63, 3.8) is 0 Å². The minimum absolute atomic E-state index is 0.182. The minimum Gasteiger partial charge on any atom is -0.379 e. The summed E-state index contributed by atoms with van der Waals surface area (Å²) in [6, 6.07) is 13.5. The molecule has 1 fully saturated rings. The van der Waals surface area contributed by atoms with Gasteiger partial charge in [0.05, 0.1) is 18.1 Å². The molecule has 1 heterocycles. The van der Waals surface area contributed by atoms with Crippen molar-refractivity contribution < 1.29 is 17.9 Å². The predicted molar refractivity (Wildman–Crippen MR) is 95.2 cm³/mol. The lowest BCUT2D eigenvalue weighted by molar-refractivity contribution is 0.0730. The molecule has 3 rings (SSSR count). The van der Waals surface area contributed by atoms with Crippen molar-refractivity contribution in [2.75, 3.05) is 31.6 Å². The Morgan fingerprint density at radius 2 is 1.76 bits per heavy atom. The number of nitrogens with one attached hydrogen (secondary N) is 1. The predicted octanol–water partition coefficient (Wildman–Crippen LogP) is 2.27. The third-order valence-corrected chi connectivity index (χ3v) is 5.91. The second-order valence-electron chi connectivity index (χ2n) is 5.86. The van der Waals surface area contributed by atoms with E-state index in [0.29, 0.717) is 37.6 Å². The number of hydrogen-bond donors (Lipinski definition) is 1. The summed E-state index contributed by atoms with van der Waals surface area (Å²) in [4.78, 5) is 12.5. The van der Waals surface area contributed by atoms with Crippen molar-refractivity contribution in [1.82, 2.24) is 4.31 Å². The van der Waals surface area contributed by atoms with Gasteiger partial charge < -0.3 is 10.1 Å². The number of sulfonamides is 1. The quantitative estimate of drug-likeness (QED) is 0.907. The molecule has 1 aliphatic heterocycles. The Hall–Kier alpha value is -2.22. The average Bonchev–Trinajstić information content (AvgIpc) is 2.62. The number of morpholine rings is 1. The van der Waals surface area contributed by atoms with Crippen LogP contribution in [0, 0.1) is 6.92 Å². The van der Waals surface area contributed by atoms with E-state index in [2.05, 4.69) is 5.32 Å². The lowest BCUT2D eigenvalue weighted by Crippen LogP contribution is -2.40. The maximum absolute atomic E-state index is 12.6. The number of hydrogen-bond acceptors (Lipinski definition) is 4. The van der Waals surface area contributed by atoms with Crippen LogP contribution in [0.15, 0.2) is 53.4 Å². The Kier molecular flexibility index (Phi) is 5.17. The van der Waals surface area contributed by atoms with E-state index < -0.39 is 10.0 Å². The summed E-state index contributed by atoms with van der Waals surface area (Å²) >= 11 is 0. The van der Waals surface area contributed by atoms with Crippen LogP contribution >= 0.6 is 0 Å². The van der Waals surface area contributed by atoms with Gasteiger partial charge in [0.25, 0.3) is 5.91 Å². The molecule has 0 atom stereocenters. The first-order chi connectivity index (χ1) is 12.0. The number of carbonyl (C=O) groups excluding carboxylic acids is 1. The number of amides is 1. The van der Waals surface area contributed by atoms with Gasteiger partial charge in [-0.15, -0.1) is 0 Å². The second-order valence-corrected chi connectivity index (χ2v) is 7.80. The van der Waals surface area contributed by atoms with Crippen LogP contribution in [0.2, 0.25) is 0 Å². The van der Waals surface area contributed by atoms with Gasteiger partial charge in [-0.3, -0.25) is 4.79 Å². The number of anilines is 1. The van der Waals surface area contributed by atoms with Gasteiger partial charge in [-0.05, 0) is 48.9 Å². The molecule has 1 amide bonds. The highest BCUT2D eigenvalue weighted by Gasteiger charge is 2.26. The molecule has 25 heavy (non-hydrogen) atoms. The highest BCUT2D eigenvalue weighted by molar-refractivity contribution is 7.89. The molecule has 2 aromatic carbocycles. The number of nitrogens with zero attached hydrogens (tertiary/aromatic N) is 1. The standard InChI is InChI=1S/C18H20N2O4S/c1-14-3-2-4-16(13-14)19-18(21)15-5-7-17(8-6-15)25(22,23)20-9-11-24-12-10-20/h2-8,13H,9-12H2,1H3,(H,19,21). The van der Waals surface area contributed by atoms with Gasteiger partial charge in [0.2, 0.25) is 10.0 Å². The van der Waals surface area contributed by atoms with Gasteiger partial charge in [-0.2, -0.15) is 4.31 Å². The Morgan fingerprint density at radius 1 is 1.08 bits per heavy atom. The summed E-state index contributed by atoms with van der Waals surface area (Å²) < 4.78 is 31.7. The lowest BCUT2D eigenvalue weighted by atomic mass is 10.2. The van der Waals surface area contributed by atoms with E-state index in [1.165, 1.54) is 28.6 Å². The first-order valence-corrected chi connectivity index (χ1v) is 9.47. The fourth-order valence-electron chi connectivity index (χ4n) is 2.64. The van der Waals surface area contributed by atoms with Gasteiger partial charge in [0.1, 0.15) is 0 Å². The molecule has 0 saturated carbocycles. The number of carbonyl (C=O) groups is 1. The van der Waals surface area contributed by atoms with Gasteiger partial charge in [-0.1, -0.05) is 12.1 Å². The van der Waals surface area contributed by atoms with Crippen LogP contribution < -0.4 is 5.32 Å². The fourth-order valence-corrected chi connectivity index (χ4v) is 4.05. The molecule has 0 aliphatic carbocycles. The van der Waals surface area contributed by atoms with Crippen molar-refractivity contribution in [1.29, 1.82) is 0 Å². The summed E-state index contributed by atoms with van der Waals surface area (Å²) in [6.45, 7) is 3.43. The molecule has 132 valence electrons. The van der Waals surface area contributed by atoms with E-state index in [-0.39, 0.29) is 10.8 Å². The SMILES string of the molecule is Cc1cccc(NC(=O)c2ccc(S(=O)(=O)N3CCOCC3)cc2)c1. The maximum Gasteiger partial charge on any atom is 0.255 e. The Balaban J connectivity index is 1.74. The van der Waals surface area contributed by atoms with Gasteiger partial charge >= 0.3 is 0 Å². The molecule has 7 heteroatoms. The van der Waals surface area contributed by atoms with Gasteiger partial charge in [0.15, 0.2) is 0 Å². The zero-order chi connectivity index (χ0) is 17.9. The number of aryl methyl sites for hydroxylation is 1. The van der Waals surface area contributed by atoms with Crippen LogP contribution in [-0.2, 0) is 14.8 Å². The maximum atomic E-state index is 12.6. The summed E-state index contributed by atoms with van der Waals surface area (Å²) in [5, 5.41) is 2.81. The van der Waals surface area contributed by atoms with Crippen molar-refractivity contribution in [2.24, 2.45) is 0 Å². The topological polar surface area (TPSA) is 75.7 Å². The Bertz CT molecular complexity index is 857. The zero-order valence-corrected chi connectivity index (χ0v) is 14.8. The molecule has 0 radical (unpaired) electrons. The monoisotopic (exact) mass is 360 g/mol. The van der Waals surface area contributed by atoms with E-state index in [1.54, 1.807) is 0 Å². The molecule has 0 spiro atoms. The highest BCUT2D eigenvalue weighted by Crippen LogP contribution is 2.18. The molecule has 6 nitrogen and oxygen atoms in total. The Morgan fingerprint density at radius 3 is 2.40 bits per heavy atom. The molecule has 1 N–H and O–H groups in total. The molecular formula is C18H20N2O4S. The van der Waals surface area contributed by atoms with Crippen molar-refractivity contribution >= 4 is 21.6 Å². The molecule has 0 bridgehead atoms. The number of rotatable bonds is 4. The third-order valence-electron chi connectivity index (χ3n) is 4.00. The third kappa shape index (κ3) is 4.07. The van der Waals surface area contributed by atoms with Gasteiger partial charge in [-0.25, -0.2) is 8.42 Å². The van der Waals surface area contributed by atoms with E-state index in [4.69, 9.17) is 4.74 Å². The molecule has 2 aromatic rings. The lowest BCUT2D eigenvalue weighted by Gasteiger charge is -2.26. The smallest absolute Gasteiger partial charge is 0.255 e. The molecule has 1 aliphatic rings. The second kappa shape index (κ2) is 7.35. The van der Waals surface area contributed by atoms with E-state index in [9.17, 15) is 13.2 Å². The molecular weight excluding hydrogens is 340 g/mol. The molecule has 1 saturated heterocycles. The van der Waals surface area contributed by atoms with Crippen LogP contribution in [0.25, 0.3) is 0 Å². The highest BCUT2D eigenvalue weighted by atomic mass is 32.2. The summed E-state index contributed by atoms with van der Waals surface area (Å²) in [5.74, 6) is -0.277. The number of benzene rings is 2. The summed E-state index contributed by atoms with van der Waals surface area (Å²) in [6.07, 6.45) is 0. The zero-order valence-electron chi connectivity index (χ0n) is 13.9. The van der Waals surface area contributed by atoms with Crippen LogP contribution in [0.1, 0.15) is 15.9 Å². The van der Waals surface area contributed by atoms with Crippen LogP contribution in [0.4, 0.5) is 5.69 Å². The average molecular weight is 360 g/mol. The van der Waals surface area contributed by atoms with E-state index in [1.807, 2.05) is 31.2 Å². The largest absolute Gasteiger partial charge is 0.379 e. The summed E-state index contributed by atoms with van der Waals surface area (Å²) in [7, 11) is -3.55. The van der Waals surface area contributed by atoms with E-state index >= 15 is 0 Å². The van der Waals surface area contributed by atoms with Gasteiger partial charge in [0, 0.05) is 24.3 Å². The van der Waals surface area contributed by atoms with Crippen molar-refractivity contribution in [3.05, 3.63) is 59.7 Å². The van der Waals surface area contributed by atoms with Crippen molar-refractivity contribution in [2.45, 2.75) is 11.8 Å². The number of ether oxygens (including phenoxy) is 1. The van der Waals surface area contributed by atoms with Crippen LogP contribution in [-0.4, -0.2) is 44.9 Å². The minimum atomic E-state index is -3.55. The van der Waals surface area contributed by atoms with Crippen molar-refractivity contribution in [3.8, 4) is 0 Å². The molecule has 0 unspecified atom stereocenters. The molecule has 0 aromatic heterocycles. The summed E-state index contributed by atoms with van der Waals surface area (Å²) in [5.41, 5.74) is 2.15. The van der Waals surface area contributed by atoms with Crippen LogP contribution in [0.5, 0.6) is 0 Å². The first kappa shape index (κ1) is 17.6. The van der Waals surface area contributed by atoms with Crippen LogP contribution in [0.3, 0.4) is 0 Å². The van der Waals surface area contributed by atoms with E-state index in [0.717, 1.165) is 5.56 Å². The normalized spacial score (nSPS) is 15.7. The first-order valence-electron chi connectivity index (χ1n) is 8.03. The fraction of sp³-hybridized carbons (Fsp3) is 0.278. The Labute approximate surface area is 147 Å².